The largest absolute Gasteiger partial charge is 0.488 e. The molecule has 0 amide bonds. The molecule has 0 unspecified atom stereocenters. The van der Waals surface area contributed by atoms with Crippen molar-refractivity contribution >= 4 is 38.3 Å². The third kappa shape index (κ3) is 4.40. The molecule has 0 aliphatic carbocycles. The van der Waals surface area contributed by atoms with Crippen LogP contribution in [-0.2, 0) is 13.0 Å². The number of carbonyl (C=O) groups is 1. The predicted molar refractivity (Wildman–Crippen MR) is 153 cm³/mol. The Morgan fingerprint density at radius 2 is 1.76 bits per heavy atom. The van der Waals surface area contributed by atoms with Gasteiger partial charge >= 0.3 is 5.97 Å². The number of hydrogen-bond donors (Lipinski definition) is 1. The first-order valence-corrected chi connectivity index (χ1v) is 13.3. The fourth-order valence-electron chi connectivity index (χ4n) is 4.72. The number of carboxylic acids is 1. The van der Waals surface area contributed by atoms with Crippen molar-refractivity contribution in [3.63, 3.8) is 0 Å². The lowest BCUT2D eigenvalue weighted by Crippen LogP contribution is -2.05. The molecule has 0 saturated heterocycles. The van der Waals surface area contributed by atoms with E-state index in [1.165, 1.54) is 0 Å². The van der Waals surface area contributed by atoms with Crippen molar-refractivity contribution in [2.24, 2.45) is 0 Å². The number of nitrogens with zero attached hydrogens (tertiary/aromatic N) is 2. The average molecular weight is 517 g/mol. The smallest absolute Gasteiger partial charge is 0.336 e. The molecule has 0 atom stereocenters. The van der Waals surface area contributed by atoms with Gasteiger partial charge in [0.05, 0.1) is 27.9 Å². The van der Waals surface area contributed by atoms with Gasteiger partial charge in [0.2, 0.25) is 0 Å². The van der Waals surface area contributed by atoms with Crippen LogP contribution in [-0.4, -0.2) is 21.0 Å². The standard InChI is InChI=1S/C32H24N2O3S/c1-2-21-14-15-28(37-18-20-10-12-22(13-11-20)26-8-5-6-16-33-26)30-24(32(35)36)17-27(34-31(21)30)25-19-38-29-9-4-3-7-23(25)29/h3-17,19H,2,18H2,1H3,(H,35,36). The van der Waals surface area contributed by atoms with Gasteiger partial charge in [-0.3, -0.25) is 4.98 Å². The van der Waals surface area contributed by atoms with Crippen molar-refractivity contribution in [2.75, 3.05) is 0 Å². The average Bonchev–Trinajstić information content (AvgIpc) is 3.40. The molecule has 3 aromatic heterocycles. The minimum Gasteiger partial charge on any atom is -0.488 e. The van der Waals surface area contributed by atoms with Crippen molar-refractivity contribution in [1.29, 1.82) is 0 Å². The zero-order valence-electron chi connectivity index (χ0n) is 20.7. The van der Waals surface area contributed by atoms with E-state index < -0.39 is 5.97 Å². The molecule has 1 N–H and O–H groups in total. The normalized spacial score (nSPS) is 11.2. The molecule has 0 aliphatic heterocycles. The number of thiophene rings is 1. The van der Waals surface area contributed by atoms with E-state index in [4.69, 9.17) is 9.72 Å². The molecule has 0 bridgehead atoms. The van der Waals surface area contributed by atoms with Crippen molar-refractivity contribution < 1.29 is 14.6 Å². The summed E-state index contributed by atoms with van der Waals surface area (Å²) in [7, 11) is 0. The van der Waals surface area contributed by atoms with Crippen LogP contribution in [0.3, 0.4) is 0 Å². The van der Waals surface area contributed by atoms with Gasteiger partial charge in [-0.1, -0.05) is 61.5 Å². The van der Waals surface area contributed by atoms with Gasteiger partial charge < -0.3 is 9.84 Å². The maximum absolute atomic E-state index is 12.5. The first kappa shape index (κ1) is 23.8. The number of ether oxygens (including phenoxy) is 1. The third-order valence-electron chi connectivity index (χ3n) is 6.68. The van der Waals surface area contributed by atoms with Gasteiger partial charge in [-0.2, -0.15) is 0 Å². The molecule has 0 aliphatic rings. The molecule has 3 aromatic carbocycles. The maximum atomic E-state index is 12.5. The summed E-state index contributed by atoms with van der Waals surface area (Å²) in [5, 5.41) is 13.9. The summed E-state index contributed by atoms with van der Waals surface area (Å²) >= 11 is 1.63. The van der Waals surface area contributed by atoms with Crippen LogP contribution >= 0.6 is 11.3 Å². The molecule has 0 saturated carbocycles. The number of aromatic carboxylic acids is 1. The first-order chi connectivity index (χ1) is 18.6. The lowest BCUT2D eigenvalue weighted by atomic mass is 9.99. The predicted octanol–water partition coefficient (Wildman–Crippen LogP) is 8.02. The Balaban J connectivity index is 1.39. The molecule has 3 heterocycles. The molecule has 0 fully saturated rings. The highest BCUT2D eigenvalue weighted by atomic mass is 32.1. The van der Waals surface area contributed by atoms with E-state index >= 15 is 0 Å². The molecule has 6 heteroatoms. The van der Waals surface area contributed by atoms with E-state index in [1.54, 1.807) is 23.6 Å². The topological polar surface area (TPSA) is 72.3 Å². The van der Waals surface area contributed by atoms with Crippen LogP contribution in [0.15, 0.2) is 96.5 Å². The van der Waals surface area contributed by atoms with Crippen LogP contribution in [0.2, 0.25) is 0 Å². The van der Waals surface area contributed by atoms with Gasteiger partial charge in [0.1, 0.15) is 12.4 Å². The van der Waals surface area contributed by atoms with E-state index in [9.17, 15) is 9.90 Å². The van der Waals surface area contributed by atoms with Crippen molar-refractivity contribution in [3.05, 3.63) is 113 Å². The van der Waals surface area contributed by atoms with Gasteiger partial charge in [-0.05, 0) is 47.9 Å². The summed E-state index contributed by atoms with van der Waals surface area (Å²) in [6.45, 7) is 2.35. The zero-order valence-corrected chi connectivity index (χ0v) is 21.5. The highest BCUT2D eigenvalue weighted by Gasteiger charge is 2.20. The lowest BCUT2D eigenvalue weighted by Gasteiger charge is -2.15. The molecule has 6 rings (SSSR count). The number of benzene rings is 3. The minimum absolute atomic E-state index is 0.191. The van der Waals surface area contributed by atoms with Crippen molar-refractivity contribution in [3.8, 4) is 28.3 Å². The van der Waals surface area contributed by atoms with Gasteiger partial charge in [-0.25, -0.2) is 9.78 Å². The monoisotopic (exact) mass is 516 g/mol. The van der Waals surface area contributed by atoms with Gasteiger partial charge in [0, 0.05) is 32.8 Å². The fourth-order valence-corrected chi connectivity index (χ4v) is 5.67. The van der Waals surface area contributed by atoms with E-state index in [1.807, 2.05) is 85.1 Å². The first-order valence-electron chi connectivity index (χ1n) is 12.4. The summed E-state index contributed by atoms with van der Waals surface area (Å²) in [6.07, 6.45) is 2.50. The number of rotatable bonds is 7. The van der Waals surface area contributed by atoms with Crippen LogP contribution < -0.4 is 4.74 Å². The highest BCUT2D eigenvalue weighted by molar-refractivity contribution is 7.17. The molecular formula is C32H24N2O3S. The van der Waals surface area contributed by atoms with Crippen LogP contribution in [0.1, 0.15) is 28.4 Å². The molecule has 186 valence electrons. The summed E-state index contributed by atoms with van der Waals surface area (Å²) in [6, 6.07) is 27.5. The second kappa shape index (κ2) is 10.1. The number of pyridine rings is 2. The Labute approximate surface area is 224 Å². The summed E-state index contributed by atoms with van der Waals surface area (Å²) in [4.78, 5) is 21.9. The quantitative estimate of drug-likeness (QED) is 0.233. The van der Waals surface area contributed by atoms with Gasteiger partial charge in [0.15, 0.2) is 0 Å². The molecular weight excluding hydrogens is 492 g/mol. The number of hydrogen-bond acceptors (Lipinski definition) is 5. The fraction of sp³-hybridized carbons (Fsp3) is 0.0938. The van der Waals surface area contributed by atoms with Crippen LogP contribution in [0.25, 0.3) is 43.5 Å². The molecule has 38 heavy (non-hydrogen) atoms. The Kier molecular flexibility index (Phi) is 6.32. The number of carboxylic acid groups (broad SMARTS) is 1. The number of fused-ring (bicyclic) bond motifs is 2. The van der Waals surface area contributed by atoms with Gasteiger partial charge in [0.25, 0.3) is 0 Å². The van der Waals surface area contributed by atoms with Crippen molar-refractivity contribution in [2.45, 2.75) is 20.0 Å². The summed E-state index contributed by atoms with van der Waals surface area (Å²) in [5.41, 5.74) is 6.35. The Morgan fingerprint density at radius 1 is 0.947 bits per heavy atom. The highest BCUT2D eigenvalue weighted by Crippen LogP contribution is 2.38. The van der Waals surface area contributed by atoms with Crippen LogP contribution in [0, 0.1) is 0 Å². The molecule has 5 nitrogen and oxygen atoms in total. The Bertz CT molecular complexity index is 1780. The van der Waals surface area contributed by atoms with Crippen LogP contribution in [0.5, 0.6) is 5.75 Å². The van der Waals surface area contributed by atoms with E-state index in [2.05, 4.69) is 11.1 Å². The van der Waals surface area contributed by atoms with Gasteiger partial charge in [-0.15, -0.1) is 11.3 Å². The minimum atomic E-state index is -1.00. The number of aromatic nitrogens is 2. The number of aryl methyl sites for hydroxylation is 1. The zero-order chi connectivity index (χ0) is 26.1. The maximum Gasteiger partial charge on any atom is 0.336 e. The molecule has 0 spiro atoms. The van der Waals surface area contributed by atoms with E-state index in [-0.39, 0.29) is 5.56 Å². The lowest BCUT2D eigenvalue weighted by molar-refractivity contribution is 0.0698. The summed E-state index contributed by atoms with van der Waals surface area (Å²) in [5.74, 6) is -0.492. The van der Waals surface area contributed by atoms with Crippen LogP contribution in [0.4, 0.5) is 0 Å². The second-order valence-electron chi connectivity index (χ2n) is 9.01. The molecule has 6 aromatic rings. The Morgan fingerprint density at radius 3 is 2.53 bits per heavy atom. The van der Waals surface area contributed by atoms with Crippen molar-refractivity contribution in [1.82, 2.24) is 9.97 Å². The Hall–Kier alpha value is -4.55. The third-order valence-corrected chi connectivity index (χ3v) is 7.65. The molecule has 0 radical (unpaired) electrons. The van der Waals surface area contributed by atoms with E-state index in [0.717, 1.165) is 44.5 Å². The van der Waals surface area contributed by atoms with E-state index in [0.29, 0.717) is 29.0 Å². The summed E-state index contributed by atoms with van der Waals surface area (Å²) < 4.78 is 7.37. The SMILES string of the molecule is CCc1ccc(OCc2ccc(-c3ccccn3)cc2)c2c(C(=O)O)cc(-c3csc4ccccc34)nc12. The second-order valence-corrected chi connectivity index (χ2v) is 9.92.